The van der Waals surface area contributed by atoms with Crippen LogP contribution in [0.2, 0.25) is 0 Å². The maximum absolute atomic E-state index is 13.4. The number of ether oxygens (including phenoxy) is 2. The van der Waals surface area contributed by atoms with Gasteiger partial charge in [-0.05, 0) is 113 Å². The van der Waals surface area contributed by atoms with Crippen LogP contribution in [-0.4, -0.2) is 24.6 Å². The molecule has 0 heterocycles. The van der Waals surface area contributed by atoms with Gasteiger partial charge < -0.3 is 9.47 Å². The zero-order valence-electron chi connectivity index (χ0n) is 21.0. The third-order valence-electron chi connectivity index (χ3n) is 10.3. The van der Waals surface area contributed by atoms with E-state index in [0.29, 0.717) is 5.92 Å². The van der Waals surface area contributed by atoms with E-state index in [1.54, 1.807) is 0 Å². The van der Waals surface area contributed by atoms with Crippen LogP contribution in [0.1, 0.15) is 111 Å². The molecule has 3 unspecified atom stereocenters. The number of carbonyl (C=O) groups is 2. The summed E-state index contributed by atoms with van der Waals surface area (Å²) in [7, 11) is 0. The lowest BCUT2D eigenvalue weighted by Gasteiger charge is -2.61. The molecule has 0 aromatic carbocycles. The topological polar surface area (TPSA) is 52.6 Å². The number of hydrogen-bond acceptors (Lipinski definition) is 4. The van der Waals surface area contributed by atoms with E-state index in [9.17, 15) is 9.59 Å². The first-order chi connectivity index (χ1) is 15.2. The quantitative estimate of drug-likeness (QED) is 0.441. The molecular weight excluding hydrogens is 400 g/mol. The fourth-order valence-electron chi connectivity index (χ4n) is 8.42. The molecule has 0 radical (unpaired) electrons. The lowest BCUT2D eigenvalue weighted by Crippen LogP contribution is -2.56. The summed E-state index contributed by atoms with van der Waals surface area (Å²) in [6, 6.07) is 0. The van der Waals surface area contributed by atoms with Crippen molar-refractivity contribution in [3.05, 3.63) is 0 Å². The maximum Gasteiger partial charge on any atom is 0.344 e. The fourth-order valence-corrected chi connectivity index (χ4v) is 8.42. The van der Waals surface area contributed by atoms with Crippen LogP contribution in [0.25, 0.3) is 0 Å². The largest absolute Gasteiger partial charge is 0.460 e. The van der Waals surface area contributed by atoms with Gasteiger partial charge in [0.1, 0.15) is 6.10 Å². The van der Waals surface area contributed by atoms with Gasteiger partial charge in [-0.1, -0.05) is 33.6 Å². The Morgan fingerprint density at radius 2 is 1.66 bits per heavy atom. The van der Waals surface area contributed by atoms with E-state index in [0.717, 1.165) is 68.6 Å². The van der Waals surface area contributed by atoms with E-state index < -0.39 is 5.41 Å². The van der Waals surface area contributed by atoms with Crippen molar-refractivity contribution in [2.24, 2.45) is 40.4 Å². The van der Waals surface area contributed by atoms with E-state index in [1.807, 2.05) is 0 Å². The molecule has 6 atom stereocenters. The van der Waals surface area contributed by atoms with Crippen LogP contribution in [0.3, 0.4) is 0 Å². The van der Waals surface area contributed by atoms with Crippen LogP contribution in [0, 0.1) is 40.4 Å². The molecule has 4 aliphatic rings. The molecule has 4 saturated carbocycles. The summed E-state index contributed by atoms with van der Waals surface area (Å²) in [4.78, 5) is 25.7. The smallest absolute Gasteiger partial charge is 0.344 e. The highest BCUT2D eigenvalue weighted by molar-refractivity contribution is 5.80. The molecule has 0 N–H and O–H groups in total. The minimum atomic E-state index is -0.474. The minimum Gasteiger partial charge on any atom is -0.460 e. The Balaban J connectivity index is 1.39. The Hall–Kier alpha value is -1.06. The van der Waals surface area contributed by atoms with Gasteiger partial charge in [-0.2, -0.15) is 0 Å². The minimum absolute atomic E-state index is 0.0137. The second-order valence-electron chi connectivity index (χ2n) is 12.4. The van der Waals surface area contributed by atoms with E-state index in [2.05, 4.69) is 27.7 Å². The first-order valence-corrected chi connectivity index (χ1v) is 13.6. The van der Waals surface area contributed by atoms with Crippen molar-refractivity contribution in [2.75, 3.05) is 6.61 Å². The predicted octanol–water partition coefficient (Wildman–Crippen LogP) is 6.70. The Labute approximate surface area is 195 Å². The molecule has 0 aromatic heterocycles. The van der Waals surface area contributed by atoms with Crippen molar-refractivity contribution in [3.63, 3.8) is 0 Å². The molecule has 4 rings (SSSR count). The Bertz CT molecular complexity index is 681. The molecule has 4 aliphatic carbocycles. The lowest BCUT2D eigenvalue weighted by atomic mass is 9.43. The molecule has 0 bridgehead atoms. The van der Waals surface area contributed by atoms with Gasteiger partial charge in [-0.25, -0.2) is 4.79 Å². The number of fused-ring (bicyclic) bond motifs is 3. The lowest BCUT2D eigenvalue weighted by molar-refractivity contribution is -0.184. The van der Waals surface area contributed by atoms with Gasteiger partial charge in [0.15, 0.2) is 6.61 Å². The number of esters is 2. The molecule has 182 valence electrons. The van der Waals surface area contributed by atoms with Gasteiger partial charge in [0.05, 0.1) is 5.41 Å². The van der Waals surface area contributed by atoms with Crippen molar-refractivity contribution in [3.8, 4) is 0 Å². The summed E-state index contributed by atoms with van der Waals surface area (Å²) < 4.78 is 11.2. The monoisotopic (exact) mass is 446 g/mol. The van der Waals surface area contributed by atoms with Crippen molar-refractivity contribution < 1.29 is 19.1 Å². The molecule has 4 nitrogen and oxygen atoms in total. The molecule has 4 heteroatoms. The number of hydrogen-bond donors (Lipinski definition) is 0. The second kappa shape index (κ2) is 9.66. The SMILES string of the molecule is CC(C)C1CC[C@H]2C(CCC3[C@](C)(C(=O)OCC(=O)OC4CCCCC4)CCC[C@@]32C)C1. The highest BCUT2D eigenvalue weighted by Gasteiger charge is 2.59. The number of rotatable bonds is 5. The van der Waals surface area contributed by atoms with Gasteiger partial charge in [-0.15, -0.1) is 0 Å². The molecular formula is C28H46O4. The molecule has 0 saturated heterocycles. The summed E-state index contributed by atoms with van der Waals surface area (Å²) in [6.07, 6.45) is 15.0. The average Bonchev–Trinajstić information content (AvgIpc) is 2.77. The van der Waals surface area contributed by atoms with Crippen molar-refractivity contribution in [1.29, 1.82) is 0 Å². The van der Waals surface area contributed by atoms with Gasteiger partial charge in [0.25, 0.3) is 0 Å². The van der Waals surface area contributed by atoms with Gasteiger partial charge in [0.2, 0.25) is 0 Å². The molecule has 0 amide bonds. The normalized spacial score (nSPS) is 40.3. The van der Waals surface area contributed by atoms with Crippen LogP contribution in [-0.2, 0) is 19.1 Å². The molecule has 0 aromatic rings. The highest BCUT2D eigenvalue weighted by Crippen LogP contribution is 2.64. The summed E-state index contributed by atoms with van der Waals surface area (Å²) in [5, 5.41) is 0. The molecule has 0 aliphatic heterocycles. The molecule has 0 spiro atoms. The summed E-state index contributed by atoms with van der Waals surface area (Å²) in [5.74, 6) is 3.03. The van der Waals surface area contributed by atoms with E-state index >= 15 is 0 Å². The highest BCUT2D eigenvalue weighted by atomic mass is 16.6. The van der Waals surface area contributed by atoms with Gasteiger partial charge >= 0.3 is 11.9 Å². The first-order valence-electron chi connectivity index (χ1n) is 13.6. The fraction of sp³-hybridized carbons (Fsp3) is 0.929. The van der Waals surface area contributed by atoms with Crippen molar-refractivity contribution in [2.45, 2.75) is 117 Å². The van der Waals surface area contributed by atoms with Crippen LogP contribution >= 0.6 is 0 Å². The molecule has 4 fully saturated rings. The third-order valence-corrected chi connectivity index (χ3v) is 10.3. The second-order valence-corrected chi connectivity index (χ2v) is 12.4. The van der Waals surface area contributed by atoms with E-state index in [1.165, 1.54) is 38.5 Å². The predicted molar refractivity (Wildman–Crippen MR) is 126 cm³/mol. The maximum atomic E-state index is 13.4. The summed E-state index contributed by atoms with van der Waals surface area (Å²) in [5.41, 5.74) is -0.253. The zero-order chi connectivity index (χ0) is 22.9. The third kappa shape index (κ3) is 4.62. The summed E-state index contributed by atoms with van der Waals surface area (Å²) in [6.45, 7) is 9.14. The Morgan fingerprint density at radius 1 is 0.906 bits per heavy atom. The van der Waals surface area contributed by atoms with E-state index in [-0.39, 0.29) is 30.1 Å². The van der Waals surface area contributed by atoms with E-state index in [4.69, 9.17) is 9.47 Å². The Morgan fingerprint density at radius 3 is 2.38 bits per heavy atom. The first kappa shape index (κ1) is 24.1. The zero-order valence-corrected chi connectivity index (χ0v) is 21.0. The number of carbonyl (C=O) groups excluding carboxylic acids is 2. The van der Waals surface area contributed by atoms with Crippen LogP contribution in [0.15, 0.2) is 0 Å². The van der Waals surface area contributed by atoms with Gasteiger partial charge in [-0.3, -0.25) is 4.79 Å². The van der Waals surface area contributed by atoms with Gasteiger partial charge in [0, 0.05) is 0 Å². The van der Waals surface area contributed by atoms with Crippen molar-refractivity contribution >= 4 is 11.9 Å². The average molecular weight is 447 g/mol. The van der Waals surface area contributed by atoms with Crippen LogP contribution in [0.4, 0.5) is 0 Å². The summed E-state index contributed by atoms with van der Waals surface area (Å²) >= 11 is 0. The molecule has 32 heavy (non-hydrogen) atoms. The Kier molecular flexibility index (Phi) is 7.27. The standard InChI is InChI=1S/C28H46O4/c1-19(2)20-11-13-23-21(17-20)12-14-24-27(23,3)15-8-16-28(24,4)26(30)31-18-25(29)32-22-9-6-5-7-10-22/h19-24H,5-18H2,1-4H3/t20?,21?,23-,24?,27+,28+/m0/s1. The van der Waals surface area contributed by atoms with Crippen LogP contribution < -0.4 is 0 Å². The van der Waals surface area contributed by atoms with Crippen molar-refractivity contribution in [1.82, 2.24) is 0 Å². The van der Waals surface area contributed by atoms with Crippen LogP contribution in [0.5, 0.6) is 0 Å².